The second kappa shape index (κ2) is 8.59. The summed E-state index contributed by atoms with van der Waals surface area (Å²) in [6, 6.07) is 10.7. The summed E-state index contributed by atoms with van der Waals surface area (Å²) in [6.45, 7) is 4.51. The lowest BCUT2D eigenvalue weighted by Gasteiger charge is -2.36. The minimum absolute atomic E-state index is 0.00287. The maximum absolute atomic E-state index is 14.0. The summed E-state index contributed by atoms with van der Waals surface area (Å²) in [7, 11) is 0. The largest absolute Gasteiger partial charge is 0.366 e. The van der Waals surface area contributed by atoms with Gasteiger partial charge in [-0.05, 0) is 37.1 Å². The number of anilines is 2. The molecule has 0 atom stereocenters. The molecule has 148 valence electrons. The summed E-state index contributed by atoms with van der Waals surface area (Å²) in [4.78, 5) is 23.5. The lowest BCUT2D eigenvalue weighted by Crippen LogP contribution is -2.49. The first-order chi connectivity index (χ1) is 13.7. The van der Waals surface area contributed by atoms with Crippen LogP contribution in [0.2, 0.25) is 0 Å². The van der Waals surface area contributed by atoms with Gasteiger partial charge in [-0.3, -0.25) is 4.79 Å². The van der Waals surface area contributed by atoms with Crippen molar-refractivity contribution >= 4 is 17.4 Å². The number of aromatic nitrogens is 1. The second-order valence-electron chi connectivity index (χ2n) is 7.54. The standard InChI is InChI=1S/C22H27FN4O/c23-19-7-3-4-8-20(19)25-13-15-27(16-14-25)22(28)18-9-10-21(24-17-18)26-11-5-1-2-6-12-26/h3-4,7-10,17H,1-2,5-6,11-16H2. The Morgan fingerprint density at radius 2 is 1.54 bits per heavy atom. The van der Waals surface area contributed by atoms with Crippen molar-refractivity contribution in [2.24, 2.45) is 0 Å². The van der Waals surface area contributed by atoms with Crippen LogP contribution in [0.15, 0.2) is 42.6 Å². The number of nitrogens with zero attached hydrogens (tertiary/aromatic N) is 4. The molecule has 28 heavy (non-hydrogen) atoms. The lowest BCUT2D eigenvalue weighted by atomic mass is 10.2. The van der Waals surface area contributed by atoms with E-state index < -0.39 is 0 Å². The number of benzene rings is 1. The number of hydrogen-bond donors (Lipinski definition) is 0. The number of pyridine rings is 1. The Morgan fingerprint density at radius 1 is 0.821 bits per heavy atom. The first-order valence-corrected chi connectivity index (χ1v) is 10.2. The number of rotatable bonds is 3. The van der Waals surface area contributed by atoms with Gasteiger partial charge in [0.05, 0.1) is 11.3 Å². The predicted molar refractivity (Wildman–Crippen MR) is 109 cm³/mol. The lowest BCUT2D eigenvalue weighted by molar-refractivity contribution is 0.0746. The highest BCUT2D eigenvalue weighted by molar-refractivity contribution is 5.94. The third-order valence-electron chi connectivity index (χ3n) is 5.68. The molecule has 0 bridgehead atoms. The maximum atomic E-state index is 14.0. The molecule has 0 saturated carbocycles. The number of piperazine rings is 1. The highest BCUT2D eigenvalue weighted by atomic mass is 19.1. The van der Waals surface area contributed by atoms with E-state index in [1.165, 1.54) is 31.7 Å². The van der Waals surface area contributed by atoms with Gasteiger partial charge in [0.25, 0.3) is 5.91 Å². The highest BCUT2D eigenvalue weighted by Crippen LogP contribution is 2.21. The van der Waals surface area contributed by atoms with Crippen molar-refractivity contribution in [3.63, 3.8) is 0 Å². The van der Waals surface area contributed by atoms with Crippen LogP contribution in [-0.2, 0) is 0 Å². The molecule has 2 aliphatic heterocycles. The Kier molecular flexibility index (Phi) is 5.74. The first-order valence-electron chi connectivity index (χ1n) is 10.2. The SMILES string of the molecule is O=C(c1ccc(N2CCCCCC2)nc1)N1CCN(c2ccccc2F)CC1. The van der Waals surface area contributed by atoms with Gasteiger partial charge in [-0.15, -0.1) is 0 Å². The van der Waals surface area contributed by atoms with E-state index in [4.69, 9.17) is 0 Å². The predicted octanol–water partition coefficient (Wildman–Crippen LogP) is 3.56. The summed E-state index contributed by atoms with van der Waals surface area (Å²) in [6.07, 6.45) is 6.67. The van der Waals surface area contributed by atoms with Crippen LogP contribution in [0.1, 0.15) is 36.0 Å². The minimum Gasteiger partial charge on any atom is -0.366 e. The molecule has 0 aliphatic carbocycles. The Labute approximate surface area is 165 Å². The quantitative estimate of drug-likeness (QED) is 0.814. The summed E-state index contributed by atoms with van der Waals surface area (Å²) in [5.41, 5.74) is 1.23. The smallest absolute Gasteiger partial charge is 0.255 e. The van der Waals surface area contributed by atoms with Crippen LogP contribution in [0, 0.1) is 5.82 Å². The monoisotopic (exact) mass is 382 g/mol. The Bertz CT molecular complexity index is 794. The van der Waals surface area contributed by atoms with Crippen molar-refractivity contribution in [2.75, 3.05) is 49.1 Å². The van der Waals surface area contributed by atoms with Crippen molar-refractivity contribution in [3.8, 4) is 0 Å². The Hall–Kier alpha value is -2.63. The maximum Gasteiger partial charge on any atom is 0.255 e. The van der Waals surface area contributed by atoms with Gasteiger partial charge < -0.3 is 14.7 Å². The molecular formula is C22H27FN4O. The van der Waals surface area contributed by atoms with E-state index in [2.05, 4.69) is 9.88 Å². The average molecular weight is 382 g/mol. The Balaban J connectivity index is 1.37. The van der Waals surface area contributed by atoms with E-state index in [1.807, 2.05) is 28.0 Å². The molecular weight excluding hydrogens is 355 g/mol. The fraction of sp³-hybridized carbons (Fsp3) is 0.455. The molecule has 0 spiro atoms. The van der Waals surface area contributed by atoms with Gasteiger partial charge in [0, 0.05) is 45.5 Å². The normalized spacial score (nSPS) is 18.1. The molecule has 2 saturated heterocycles. The molecule has 2 aliphatic rings. The number of halogens is 1. The molecule has 5 nitrogen and oxygen atoms in total. The van der Waals surface area contributed by atoms with E-state index in [0.717, 1.165) is 18.9 Å². The van der Waals surface area contributed by atoms with E-state index in [-0.39, 0.29) is 11.7 Å². The van der Waals surface area contributed by atoms with Crippen molar-refractivity contribution in [2.45, 2.75) is 25.7 Å². The van der Waals surface area contributed by atoms with Crippen molar-refractivity contribution in [1.82, 2.24) is 9.88 Å². The molecule has 2 aromatic rings. The van der Waals surface area contributed by atoms with Gasteiger partial charge in [0.1, 0.15) is 11.6 Å². The highest BCUT2D eigenvalue weighted by Gasteiger charge is 2.24. The Morgan fingerprint density at radius 3 is 2.18 bits per heavy atom. The molecule has 0 radical (unpaired) electrons. The van der Waals surface area contributed by atoms with Gasteiger partial charge in [-0.2, -0.15) is 0 Å². The van der Waals surface area contributed by atoms with Gasteiger partial charge in [0.15, 0.2) is 0 Å². The zero-order chi connectivity index (χ0) is 19.3. The number of hydrogen-bond acceptors (Lipinski definition) is 4. The number of para-hydroxylation sites is 1. The number of amides is 1. The van der Waals surface area contributed by atoms with Gasteiger partial charge >= 0.3 is 0 Å². The first kappa shape index (κ1) is 18.7. The minimum atomic E-state index is -0.212. The molecule has 2 fully saturated rings. The van der Waals surface area contributed by atoms with Crippen molar-refractivity contribution in [1.29, 1.82) is 0 Å². The number of carbonyl (C=O) groups excluding carboxylic acids is 1. The van der Waals surface area contributed by atoms with Gasteiger partial charge in [0.2, 0.25) is 0 Å². The average Bonchev–Trinajstić information content (AvgIpc) is 3.04. The zero-order valence-corrected chi connectivity index (χ0v) is 16.2. The van der Waals surface area contributed by atoms with Crippen LogP contribution in [0.25, 0.3) is 0 Å². The van der Waals surface area contributed by atoms with E-state index in [0.29, 0.717) is 37.4 Å². The van der Waals surface area contributed by atoms with E-state index in [9.17, 15) is 9.18 Å². The third kappa shape index (κ3) is 4.11. The van der Waals surface area contributed by atoms with Gasteiger partial charge in [-0.25, -0.2) is 9.37 Å². The molecule has 6 heteroatoms. The fourth-order valence-electron chi connectivity index (χ4n) is 4.04. The van der Waals surface area contributed by atoms with Crippen LogP contribution >= 0.6 is 0 Å². The topological polar surface area (TPSA) is 39.7 Å². The second-order valence-corrected chi connectivity index (χ2v) is 7.54. The third-order valence-corrected chi connectivity index (χ3v) is 5.68. The van der Waals surface area contributed by atoms with Gasteiger partial charge in [-0.1, -0.05) is 25.0 Å². The summed E-state index contributed by atoms with van der Waals surface area (Å²) in [5.74, 6) is 0.751. The summed E-state index contributed by atoms with van der Waals surface area (Å²) >= 11 is 0. The van der Waals surface area contributed by atoms with Crippen LogP contribution < -0.4 is 9.80 Å². The summed E-state index contributed by atoms with van der Waals surface area (Å²) < 4.78 is 14.0. The summed E-state index contributed by atoms with van der Waals surface area (Å²) in [5, 5.41) is 0. The zero-order valence-electron chi connectivity index (χ0n) is 16.2. The fourth-order valence-corrected chi connectivity index (χ4v) is 4.04. The molecule has 4 rings (SSSR count). The van der Waals surface area contributed by atoms with Crippen LogP contribution in [0.5, 0.6) is 0 Å². The van der Waals surface area contributed by atoms with Crippen LogP contribution in [0.3, 0.4) is 0 Å². The van der Waals surface area contributed by atoms with Crippen molar-refractivity contribution in [3.05, 3.63) is 54.0 Å². The van der Waals surface area contributed by atoms with E-state index in [1.54, 1.807) is 18.3 Å². The molecule has 0 unspecified atom stereocenters. The van der Waals surface area contributed by atoms with Crippen molar-refractivity contribution < 1.29 is 9.18 Å². The molecule has 0 N–H and O–H groups in total. The number of carbonyl (C=O) groups is 1. The molecule has 1 amide bonds. The van der Waals surface area contributed by atoms with Crippen LogP contribution in [-0.4, -0.2) is 55.1 Å². The molecule has 3 heterocycles. The molecule has 1 aromatic heterocycles. The molecule has 1 aromatic carbocycles. The van der Waals surface area contributed by atoms with Crippen LogP contribution in [0.4, 0.5) is 15.9 Å². The van der Waals surface area contributed by atoms with E-state index >= 15 is 0 Å².